The molecule has 112 valence electrons. The van der Waals surface area contributed by atoms with Gasteiger partial charge in [-0.2, -0.15) is 10.2 Å². The zero-order valence-corrected chi connectivity index (χ0v) is 13.1. The van der Waals surface area contributed by atoms with Gasteiger partial charge in [0.15, 0.2) is 6.19 Å². The van der Waals surface area contributed by atoms with Crippen molar-refractivity contribution in [2.45, 2.75) is 13.3 Å². The predicted octanol–water partition coefficient (Wildman–Crippen LogP) is 2.62. The Morgan fingerprint density at radius 1 is 1.45 bits per heavy atom. The summed E-state index contributed by atoms with van der Waals surface area (Å²) in [6.07, 6.45) is 4.44. The van der Waals surface area contributed by atoms with Gasteiger partial charge >= 0.3 is 0 Å². The van der Waals surface area contributed by atoms with Gasteiger partial charge in [-0.1, -0.05) is 41.7 Å². The molecule has 1 aromatic carbocycles. The second kappa shape index (κ2) is 5.87. The Bertz CT molecular complexity index is 713. The van der Waals surface area contributed by atoms with Gasteiger partial charge in [0, 0.05) is 12.7 Å². The molecule has 6 heteroatoms. The first-order valence-corrected chi connectivity index (χ1v) is 7.92. The number of nitrogens with one attached hydrogen (secondary N) is 1. The average molecular weight is 312 g/mol. The molecule has 0 bridgehead atoms. The quantitative estimate of drug-likeness (QED) is 0.699. The van der Waals surface area contributed by atoms with Crippen LogP contribution in [0.4, 0.5) is 5.13 Å². The number of carbonyl (C=O) groups is 1. The summed E-state index contributed by atoms with van der Waals surface area (Å²) in [6.45, 7) is 3.29. The Morgan fingerprint density at radius 2 is 2.23 bits per heavy atom. The second-order valence-electron chi connectivity index (χ2n) is 5.60. The number of benzene rings is 1. The highest BCUT2D eigenvalue weighted by atomic mass is 32.1. The van der Waals surface area contributed by atoms with Crippen molar-refractivity contribution >= 4 is 22.4 Å². The summed E-state index contributed by atoms with van der Waals surface area (Å²) >= 11 is 1.36. The maximum Gasteiger partial charge on any atom is 0.249 e. The number of amides is 1. The van der Waals surface area contributed by atoms with E-state index in [2.05, 4.69) is 10.3 Å². The van der Waals surface area contributed by atoms with Crippen LogP contribution in [0.1, 0.15) is 13.3 Å². The van der Waals surface area contributed by atoms with Gasteiger partial charge in [0.1, 0.15) is 0 Å². The number of thiazole rings is 1. The Morgan fingerprint density at radius 3 is 2.86 bits per heavy atom. The molecule has 5 nitrogen and oxygen atoms in total. The number of aromatic nitrogens is 1. The third kappa shape index (κ3) is 2.61. The minimum atomic E-state index is -0.533. The van der Waals surface area contributed by atoms with Crippen LogP contribution in [0.25, 0.3) is 10.4 Å². The summed E-state index contributed by atoms with van der Waals surface area (Å²) in [6, 6.07) is 9.82. The SMILES string of the molecule is CC1(C(=O)N(C#N)c2ncc(-c3ccccc3)s2)CCNC1. The van der Waals surface area contributed by atoms with Gasteiger partial charge in [-0.15, -0.1) is 0 Å². The van der Waals surface area contributed by atoms with E-state index in [1.807, 2.05) is 43.4 Å². The Labute approximate surface area is 133 Å². The normalized spacial score (nSPS) is 20.5. The molecular formula is C16H16N4OS. The van der Waals surface area contributed by atoms with Crippen LogP contribution in [-0.4, -0.2) is 24.0 Å². The van der Waals surface area contributed by atoms with Crippen LogP contribution >= 0.6 is 11.3 Å². The summed E-state index contributed by atoms with van der Waals surface area (Å²) in [5.41, 5.74) is 0.499. The van der Waals surface area contributed by atoms with E-state index in [0.29, 0.717) is 11.7 Å². The van der Waals surface area contributed by atoms with Crippen molar-refractivity contribution < 1.29 is 4.79 Å². The molecule has 2 aromatic rings. The number of anilines is 1. The number of rotatable bonds is 3. The topological polar surface area (TPSA) is 69.0 Å². The number of hydrogen-bond donors (Lipinski definition) is 1. The lowest BCUT2D eigenvalue weighted by Crippen LogP contribution is -2.41. The number of nitrogens with zero attached hydrogens (tertiary/aromatic N) is 3. The lowest BCUT2D eigenvalue weighted by atomic mass is 9.88. The molecule has 1 unspecified atom stereocenters. The number of hydrogen-bond acceptors (Lipinski definition) is 5. The molecule has 1 N–H and O–H groups in total. The van der Waals surface area contributed by atoms with Crippen molar-refractivity contribution in [3.05, 3.63) is 36.5 Å². The number of carbonyl (C=O) groups excluding carboxylic acids is 1. The van der Waals surface area contributed by atoms with E-state index in [4.69, 9.17) is 0 Å². The highest BCUT2D eigenvalue weighted by Gasteiger charge is 2.40. The molecule has 22 heavy (non-hydrogen) atoms. The fourth-order valence-corrected chi connectivity index (χ4v) is 3.43. The fraction of sp³-hybridized carbons (Fsp3) is 0.312. The molecule has 1 amide bonds. The summed E-state index contributed by atoms with van der Waals surface area (Å²) < 4.78 is 0. The molecule has 1 aliphatic rings. The Balaban J connectivity index is 1.88. The number of nitriles is 1. The molecule has 1 aliphatic heterocycles. The molecule has 2 heterocycles. The lowest BCUT2D eigenvalue weighted by molar-refractivity contribution is -0.125. The minimum absolute atomic E-state index is 0.186. The van der Waals surface area contributed by atoms with Crippen LogP contribution in [0.3, 0.4) is 0 Å². The van der Waals surface area contributed by atoms with Crippen molar-refractivity contribution in [1.82, 2.24) is 10.3 Å². The molecule has 3 rings (SSSR count). The molecule has 1 fully saturated rings. The van der Waals surface area contributed by atoms with E-state index < -0.39 is 5.41 Å². The first kappa shape index (κ1) is 14.7. The van der Waals surface area contributed by atoms with Crippen LogP contribution in [0.5, 0.6) is 0 Å². The van der Waals surface area contributed by atoms with Gasteiger partial charge < -0.3 is 5.32 Å². The van der Waals surface area contributed by atoms with Crippen LogP contribution in [0.15, 0.2) is 36.5 Å². The van der Waals surface area contributed by atoms with Crippen molar-refractivity contribution in [2.24, 2.45) is 5.41 Å². The molecule has 0 aliphatic carbocycles. The zero-order chi connectivity index (χ0) is 15.6. The van der Waals surface area contributed by atoms with Crippen molar-refractivity contribution in [2.75, 3.05) is 18.0 Å². The van der Waals surface area contributed by atoms with E-state index in [1.54, 1.807) is 6.20 Å². The smallest absolute Gasteiger partial charge is 0.249 e. The van der Waals surface area contributed by atoms with E-state index >= 15 is 0 Å². The van der Waals surface area contributed by atoms with Crippen LogP contribution in [0, 0.1) is 16.9 Å². The van der Waals surface area contributed by atoms with Gasteiger partial charge in [0.2, 0.25) is 11.0 Å². The maximum absolute atomic E-state index is 12.7. The summed E-state index contributed by atoms with van der Waals surface area (Å²) in [7, 11) is 0. The van der Waals surface area contributed by atoms with Crippen molar-refractivity contribution in [1.29, 1.82) is 5.26 Å². The molecule has 0 saturated carbocycles. The Hall–Kier alpha value is -2.23. The van der Waals surface area contributed by atoms with Gasteiger partial charge in [0.25, 0.3) is 0 Å². The molecule has 1 saturated heterocycles. The van der Waals surface area contributed by atoms with E-state index in [-0.39, 0.29) is 5.91 Å². The maximum atomic E-state index is 12.7. The fourth-order valence-electron chi connectivity index (χ4n) is 2.55. The van der Waals surface area contributed by atoms with Gasteiger partial charge in [-0.3, -0.25) is 4.79 Å². The largest absolute Gasteiger partial charge is 0.316 e. The molecule has 0 spiro atoms. The van der Waals surface area contributed by atoms with Crippen molar-refractivity contribution in [3.8, 4) is 16.6 Å². The second-order valence-corrected chi connectivity index (χ2v) is 6.61. The lowest BCUT2D eigenvalue weighted by Gasteiger charge is -2.24. The average Bonchev–Trinajstić information content (AvgIpc) is 3.19. The summed E-state index contributed by atoms with van der Waals surface area (Å²) in [4.78, 5) is 19.0. The highest BCUT2D eigenvalue weighted by molar-refractivity contribution is 7.19. The summed E-state index contributed by atoms with van der Waals surface area (Å²) in [5, 5.41) is 13.0. The monoisotopic (exact) mass is 312 g/mol. The summed E-state index contributed by atoms with van der Waals surface area (Å²) in [5.74, 6) is -0.186. The van der Waals surface area contributed by atoms with Gasteiger partial charge in [-0.05, 0) is 25.5 Å². The van der Waals surface area contributed by atoms with Crippen molar-refractivity contribution in [3.63, 3.8) is 0 Å². The van der Waals surface area contributed by atoms with E-state index in [0.717, 1.165) is 28.3 Å². The minimum Gasteiger partial charge on any atom is -0.316 e. The predicted molar refractivity (Wildman–Crippen MR) is 86.2 cm³/mol. The van der Waals surface area contributed by atoms with Gasteiger partial charge in [-0.25, -0.2) is 4.98 Å². The highest BCUT2D eigenvalue weighted by Crippen LogP contribution is 2.34. The van der Waals surface area contributed by atoms with Crippen LogP contribution < -0.4 is 10.2 Å². The molecule has 1 atom stereocenters. The van der Waals surface area contributed by atoms with Crippen LogP contribution in [-0.2, 0) is 4.79 Å². The van der Waals surface area contributed by atoms with E-state index in [1.165, 1.54) is 11.3 Å². The van der Waals surface area contributed by atoms with Crippen LogP contribution in [0.2, 0.25) is 0 Å². The third-order valence-electron chi connectivity index (χ3n) is 3.93. The molecular weight excluding hydrogens is 296 g/mol. The first-order valence-electron chi connectivity index (χ1n) is 7.10. The first-order chi connectivity index (χ1) is 10.6. The standard InChI is InChI=1S/C16H16N4OS/c1-16(7-8-18-10-16)14(21)20(11-17)15-19-9-13(22-15)12-5-3-2-4-6-12/h2-6,9,18H,7-8,10H2,1H3. The third-order valence-corrected chi connectivity index (χ3v) is 4.96. The Kier molecular flexibility index (Phi) is 3.92. The zero-order valence-electron chi connectivity index (χ0n) is 12.2. The molecule has 1 aromatic heterocycles. The van der Waals surface area contributed by atoms with E-state index in [9.17, 15) is 10.1 Å². The molecule has 0 radical (unpaired) electrons. The van der Waals surface area contributed by atoms with Gasteiger partial charge in [0.05, 0.1) is 10.3 Å².